The van der Waals surface area contributed by atoms with Crippen LogP contribution in [0.15, 0.2) is 24.3 Å². The maximum absolute atomic E-state index is 3.61. The number of hydrogen-bond acceptors (Lipinski definition) is 3. The van der Waals surface area contributed by atoms with Crippen molar-refractivity contribution in [3.63, 3.8) is 0 Å². The minimum absolute atomic E-state index is 0. The van der Waals surface area contributed by atoms with Crippen molar-refractivity contribution in [2.75, 3.05) is 43.9 Å². The van der Waals surface area contributed by atoms with Crippen molar-refractivity contribution < 1.29 is 41.9 Å². The number of benzene rings is 2. The number of aryl methyl sites for hydroxylation is 6. The van der Waals surface area contributed by atoms with Crippen molar-refractivity contribution in [1.29, 1.82) is 0 Å². The average molecular weight is 488 g/mol. The Bertz CT molecular complexity index is 656. The van der Waals surface area contributed by atoms with E-state index in [-0.39, 0.29) is 41.9 Å². The van der Waals surface area contributed by atoms with E-state index in [9.17, 15) is 0 Å². The molecule has 2 aromatic carbocycles. The van der Waals surface area contributed by atoms with E-state index in [0.717, 1.165) is 26.2 Å². The monoisotopic (exact) mass is 486 g/mol. The summed E-state index contributed by atoms with van der Waals surface area (Å²) < 4.78 is 0. The molecular formula is C23H35Cl2CuN3. The van der Waals surface area contributed by atoms with Gasteiger partial charge in [0.2, 0.25) is 0 Å². The quantitative estimate of drug-likeness (QED) is 0.468. The maximum Gasteiger partial charge on any atom is 2.00 e. The Balaban J connectivity index is 0. The van der Waals surface area contributed by atoms with Crippen LogP contribution in [0, 0.1) is 41.5 Å². The molecule has 2 N–H and O–H groups in total. The summed E-state index contributed by atoms with van der Waals surface area (Å²) in [5, 5.41) is 7.22. The molecule has 0 unspecified atom stereocenters. The van der Waals surface area contributed by atoms with Gasteiger partial charge in [-0.1, -0.05) is 35.4 Å². The summed E-state index contributed by atoms with van der Waals surface area (Å²) in [6.07, 6.45) is 0. The van der Waals surface area contributed by atoms with Crippen molar-refractivity contribution >= 4 is 11.4 Å². The first-order valence-corrected chi connectivity index (χ1v) is 9.60. The van der Waals surface area contributed by atoms with E-state index < -0.39 is 0 Å². The molecule has 0 amide bonds. The zero-order valence-electron chi connectivity index (χ0n) is 18.6. The standard InChI is InChI=1S/C23H35N3.2ClH.Cu/c1-16-12-18(3)22(19(4)13-16)24-8-10-26(7)11-9-25-23-20(5)14-17(2)15-21(23)6;;;/h12-15,24-25H,8-11H2,1-7H3;2*1H;/q;;;+2/p-2. The average Bonchev–Trinajstić information content (AvgIpc) is 2.52. The normalized spacial score (nSPS) is 9.93. The Hall–Kier alpha value is -0.901. The number of halogens is 2. The van der Waals surface area contributed by atoms with Gasteiger partial charge in [0.1, 0.15) is 0 Å². The molecule has 0 fully saturated rings. The molecule has 2 rings (SSSR count). The first-order chi connectivity index (χ1) is 12.3. The number of nitrogens with one attached hydrogen (secondary N) is 2. The molecule has 3 nitrogen and oxygen atoms in total. The molecule has 0 saturated heterocycles. The fourth-order valence-electron chi connectivity index (χ4n) is 3.77. The summed E-state index contributed by atoms with van der Waals surface area (Å²) in [7, 11) is 2.19. The predicted molar refractivity (Wildman–Crippen MR) is 116 cm³/mol. The molecule has 0 aliphatic heterocycles. The van der Waals surface area contributed by atoms with Crippen LogP contribution in [0.5, 0.6) is 0 Å². The van der Waals surface area contributed by atoms with Crippen LogP contribution in [0.2, 0.25) is 0 Å². The SMILES string of the molecule is Cc1cc(C)c(NCCN(C)CCNc2c(C)cc(C)cc2C)c(C)c1.[Cl-].[Cl-].[Cu+2]. The van der Waals surface area contributed by atoms with Gasteiger partial charge in [0.05, 0.1) is 0 Å². The molecular weight excluding hydrogens is 453 g/mol. The molecule has 29 heavy (non-hydrogen) atoms. The molecule has 0 heterocycles. The van der Waals surface area contributed by atoms with Crippen molar-refractivity contribution in [2.24, 2.45) is 0 Å². The first-order valence-electron chi connectivity index (χ1n) is 9.60. The minimum Gasteiger partial charge on any atom is -1.00 e. The Labute approximate surface area is 200 Å². The Morgan fingerprint density at radius 3 is 1.17 bits per heavy atom. The van der Waals surface area contributed by atoms with E-state index in [1.54, 1.807) is 0 Å². The number of hydrogen-bond donors (Lipinski definition) is 2. The van der Waals surface area contributed by atoms with Gasteiger partial charge in [-0.3, -0.25) is 0 Å². The molecule has 6 heteroatoms. The molecule has 0 aromatic heterocycles. The number of anilines is 2. The van der Waals surface area contributed by atoms with Crippen molar-refractivity contribution in [3.8, 4) is 0 Å². The van der Waals surface area contributed by atoms with Crippen LogP contribution in [0.25, 0.3) is 0 Å². The van der Waals surface area contributed by atoms with E-state index in [1.807, 2.05) is 0 Å². The summed E-state index contributed by atoms with van der Waals surface area (Å²) in [6, 6.07) is 8.98. The third kappa shape index (κ3) is 9.19. The molecule has 0 saturated carbocycles. The van der Waals surface area contributed by atoms with Crippen molar-refractivity contribution in [2.45, 2.75) is 41.5 Å². The van der Waals surface area contributed by atoms with Gasteiger partial charge in [-0.05, 0) is 70.8 Å². The van der Waals surface area contributed by atoms with Crippen LogP contribution >= 0.6 is 0 Å². The first kappa shape index (κ1) is 30.3. The number of rotatable bonds is 8. The molecule has 2 aromatic rings. The van der Waals surface area contributed by atoms with Gasteiger partial charge in [-0.15, -0.1) is 0 Å². The van der Waals surface area contributed by atoms with Gasteiger partial charge in [-0.2, -0.15) is 0 Å². The van der Waals surface area contributed by atoms with E-state index in [4.69, 9.17) is 0 Å². The van der Waals surface area contributed by atoms with E-state index in [1.165, 1.54) is 44.8 Å². The van der Waals surface area contributed by atoms with Crippen LogP contribution < -0.4 is 35.4 Å². The van der Waals surface area contributed by atoms with Gasteiger partial charge in [0, 0.05) is 37.6 Å². The molecule has 0 atom stereocenters. The van der Waals surface area contributed by atoms with Crippen LogP contribution in [-0.2, 0) is 17.1 Å². The Kier molecular flexibility index (Phi) is 14.8. The zero-order chi connectivity index (χ0) is 19.3. The summed E-state index contributed by atoms with van der Waals surface area (Å²) in [6.45, 7) is 17.0. The predicted octanol–water partition coefficient (Wildman–Crippen LogP) is -1.00. The van der Waals surface area contributed by atoms with Crippen molar-refractivity contribution in [1.82, 2.24) is 4.90 Å². The van der Waals surface area contributed by atoms with Gasteiger partial charge in [0.25, 0.3) is 0 Å². The summed E-state index contributed by atoms with van der Waals surface area (Å²) in [4.78, 5) is 2.37. The van der Waals surface area contributed by atoms with Gasteiger partial charge in [0.15, 0.2) is 0 Å². The third-order valence-corrected chi connectivity index (χ3v) is 4.94. The fraction of sp³-hybridized carbons (Fsp3) is 0.478. The Morgan fingerprint density at radius 2 is 0.897 bits per heavy atom. The van der Waals surface area contributed by atoms with Gasteiger partial charge >= 0.3 is 17.1 Å². The largest absolute Gasteiger partial charge is 2.00 e. The second kappa shape index (κ2) is 14.2. The fourth-order valence-corrected chi connectivity index (χ4v) is 3.77. The van der Waals surface area contributed by atoms with Gasteiger partial charge in [-0.25, -0.2) is 0 Å². The van der Waals surface area contributed by atoms with Crippen LogP contribution in [-0.4, -0.2) is 38.1 Å². The van der Waals surface area contributed by atoms with E-state index in [0.29, 0.717) is 0 Å². The molecule has 167 valence electrons. The second-order valence-corrected chi connectivity index (χ2v) is 7.70. The van der Waals surface area contributed by atoms with Crippen LogP contribution in [0.3, 0.4) is 0 Å². The maximum atomic E-state index is 3.61. The Morgan fingerprint density at radius 1 is 0.621 bits per heavy atom. The van der Waals surface area contributed by atoms with Gasteiger partial charge < -0.3 is 40.3 Å². The summed E-state index contributed by atoms with van der Waals surface area (Å²) in [5.74, 6) is 0. The smallest absolute Gasteiger partial charge is 1.00 e. The molecule has 0 bridgehead atoms. The second-order valence-electron chi connectivity index (χ2n) is 7.70. The number of nitrogens with zero attached hydrogens (tertiary/aromatic N) is 1. The molecule has 0 aliphatic rings. The van der Waals surface area contributed by atoms with Crippen LogP contribution in [0.4, 0.5) is 11.4 Å². The summed E-state index contributed by atoms with van der Waals surface area (Å²) in [5.41, 5.74) is 10.6. The van der Waals surface area contributed by atoms with Crippen molar-refractivity contribution in [3.05, 3.63) is 57.6 Å². The third-order valence-electron chi connectivity index (χ3n) is 4.94. The molecule has 0 aliphatic carbocycles. The van der Waals surface area contributed by atoms with Crippen LogP contribution in [0.1, 0.15) is 33.4 Å². The molecule has 0 spiro atoms. The van der Waals surface area contributed by atoms with E-state index in [2.05, 4.69) is 88.4 Å². The number of likely N-dealkylation sites (N-methyl/N-ethyl adjacent to an activating group) is 1. The summed E-state index contributed by atoms with van der Waals surface area (Å²) >= 11 is 0. The minimum atomic E-state index is 0. The van der Waals surface area contributed by atoms with E-state index >= 15 is 0 Å². The zero-order valence-corrected chi connectivity index (χ0v) is 21.1. The molecule has 1 radical (unpaired) electrons. The topological polar surface area (TPSA) is 27.3 Å².